The zero-order chi connectivity index (χ0) is 14.3. The first kappa shape index (κ1) is 13.6. The van der Waals surface area contributed by atoms with E-state index in [9.17, 15) is 9.59 Å². The predicted octanol–water partition coefficient (Wildman–Crippen LogP) is 1.20. The minimum absolute atomic E-state index is 0.00574. The molecule has 1 aromatic heterocycles. The van der Waals surface area contributed by atoms with E-state index >= 15 is 0 Å². The second kappa shape index (κ2) is 5.18. The average molecular weight is 293 g/mol. The normalized spacial score (nSPS) is 28.4. The fraction of sp³-hybridized carbons (Fsp3) is 0.571. The molecular weight excluding hydrogens is 274 g/mol. The van der Waals surface area contributed by atoms with E-state index in [1.165, 1.54) is 24.2 Å². The van der Waals surface area contributed by atoms with Gasteiger partial charge in [0.2, 0.25) is 0 Å². The molecule has 2 amide bonds. The molecule has 3 heterocycles. The molecule has 3 rings (SSSR count). The zero-order valence-corrected chi connectivity index (χ0v) is 12.3. The van der Waals surface area contributed by atoms with Gasteiger partial charge in [0.05, 0.1) is 9.75 Å². The number of nitrogens with one attached hydrogen (secondary N) is 1. The van der Waals surface area contributed by atoms with Gasteiger partial charge in [-0.1, -0.05) is 0 Å². The third-order valence-electron chi connectivity index (χ3n) is 4.38. The van der Waals surface area contributed by atoms with E-state index in [-0.39, 0.29) is 5.91 Å². The molecule has 108 valence electrons. The second-order valence-electron chi connectivity index (χ2n) is 5.71. The number of fused-ring (bicyclic) bond motifs is 2. The Morgan fingerprint density at radius 1 is 1.25 bits per heavy atom. The van der Waals surface area contributed by atoms with Crippen LogP contribution in [-0.2, 0) is 0 Å². The van der Waals surface area contributed by atoms with Gasteiger partial charge in [-0.2, -0.15) is 0 Å². The van der Waals surface area contributed by atoms with Crippen LogP contribution >= 0.6 is 11.3 Å². The molecule has 6 heteroatoms. The molecule has 2 aliphatic rings. The third kappa shape index (κ3) is 2.45. The number of piperidine rings is 1. The van der Waals surface area contributed by atoms with Crippen LogP contribution < -0.4 is 11.1 Å². The Morgan fingerprint density at radius 2 is 1.85 bits per heavy atom. The number of thiophene rings is 1. The Morgan fingerprint density at radius 3 is 2.40 bits per heavy atom. The first-order chi connectivity index (χ1) is 9.54. The van der Waals surface area contributed by atoms with Crippen LogP contribution in [0.3, 0.4) is 0 Å². The van der Waals surface area contributed by atoms with Gasteiger partial charge in [-0.25, -0.2) is 0 Å². The fourth-order valence-corrected chi connectivity index (χ4v) is 4.11. The van der Waals surface area contributed by atoms with E-state index in [0.29, 0.717) is 27.9 Å². The maximum Gasteiger partial charge on any atom is 0.263 e. The smallest absolute Gasteiger partial charge is 0.263 e. The summed E-state index contributed by atoms with van der Waals surface area (Å²) < 4.78 is 0. The molecule has 3 N–H and O–H groups in total. The number of carbonyl (C=O) groups is 2. The number of amides is 2. The lowest BCUT2D eigenvalue weighted by Gasteiger charge is -2.35. The van der Waals surface area contributed by atoms with Crippen molar-refractivity contribution in [2.45, 2.75) is 43.8 Å². The highest BCUT2D eigenvalue weighted by Crippen LogP contribution is 2.30. The van der Waals surface area contributed by atoms with Gasteiger partial charge in [-0.3, -0.25) is 9.59 Å². The maximum absolute atomic E-state index is 12.5. The summed E-state index contributed by atoms with van der Waals surface area (Å²) >= 11 is 1.18. The Kier molecular flexibility index (Phi) is 3.52. The van der Waals surface area contributed by atoms with Crippen molar-refractivity contribution in [1.29, 1.82) is 0 Å². The molecule has 2 saturated heterocycles. The van der Waals surface area contributed by atoms with Crippen LogP contribution in [0.1, 0.15) is 45.0 Å². The summed E-state index contributed by atoms with van der Waals surface area (Å²) in [6.07, 6.45) is 4.47. The van der Waals surface area contributed by atoms with Crippen LogP contribution in [0.5, 0.6) is 0 Å². The lowest BCUT2D eigenvalue weighted by atomic mass is 9.98. The second-order valence-corrected chi connectivity index (χ2v) is 6.79. The summed E-state index contributed by atoms with van der Waals surface area (Å²) in [6.45, 7) is 0. The van der Waals surface area contributed by atoms with Gasteiger partial charge >= 0.3 is 0 Å². The standard InChI is InChI=1S/C14H19N3O2S/c1-17(10-6-8-2-3-9(7-10)16-8)14(19)12-5-4-11(20-12)13(15)18/h4-5,8-10,16H,2-3,6-7H2,1H3,(H2,15,18). The van der Waals surface area contributed by atoms with Crippen LogP contribution in [0, 0.1) is 0 Å². The molecule has 20 heavy (non-hydrogen) atoms. The number of carbonyl (C=O) groups excluding carboxylic acids is 2. The Hall–Kier alpha value is -1.40. The van der Waals surface area contributed by atoms with Crippen molar-refractivity contribution in [2.75, 3.05) is 7.05 Å². The molecule has 2 unspecified atom stereocenters. The first-order valence-electron chi connectivity index (χ1n) is 6.97. The highest BCUT2D eigenvalue weighted by molar-refractivity contribution is 7.15. The summed E-state index contributed by atoms with van der Waals surface area (Å²) in [5, 5.41) is 3.58. The van der Waals surface area contributed by atoms with Gasteiger partial charge in [0, 0.05) is 25.2 Å². The van der Waals surface area contributed by atoms with Crippen molar-refractivity contribution in [3.05, 3.63) is 21.9 Å². The van der Waals surface area contributed by atoms with E-state index in [0.717, 1.165) is 12.8 Å². The summed E-state index contributed by atoms with van der Waals surface area (Å²) in [6, 6.07) is 4.72. The lowest BCUT2D eigenvalue weighted by Crippen LogP contribution is -2.48. The number of rotatable bonds is 3. The van der Waals surface area contributed by atoms with Crippen LogP contribution in [-0.4, -0.2) is 41.9 Å². The van der Waals surface area contributed by atoms with E-state index in [4.69, 9.17) is 5.73 Å². The molecule has 0 aromatic carbocycles. The topological polar surface area (TPSA) is 75.4 Å². The number of hydrogen-bond acceptors (Lipinski definition) is 4. The van der Waals surface area contributed by atoms with E-state index in [1.807, 2.05) is 11.9 Å². The Labute approximate surface area is 122 Å². The van der Waals surface area contributed by atoms with E-state index in [1.54, 1.807) is 12.1 Å². The Balaban J connectivity index is 1.71. The summed E-state index contributed by atoms with van der Waals surface area (Å²) in [5.41, 5.74) is 5.23. The van der Waals surface area contributed by atoms with E-state index < -0.39 is 5.91 Å². The van der Waals surface area contributed by atoms with Crippen molar-refractivity contribution in [3.63, 3.8) is 0 Å². The maximum atomic E-state index is 12.5. The average Bonchev–Trinajstić information content (AvgIpc) is 3.04. The highest BCUT2D eigenvalue weighted by atomic mass is 32.1. The van der Waals surface area contributed by atoms with Gasteiger partial charge in [0.25, 0.3) is 11.8 Å². The lowest BCUT2D eigenvalue weighted by molar-refractivity contribution is 0.0686. The summed E-state index contributed by atoms with van der Waals surface area (Å²) in [7, 11) is 1.86. The van der Waals surface area contributed by atoms with Gasteiger partial charge in [0.15, 0.2) is 0 Å². The molecule has 0 saturated carbocycles. The summed E-state index contributed by atoms with van der Waals surface area (Å²) in [4.78, 5) is 26.4. The fourth-order valence-electron chi connectivity index (χ4n) is 3.27. The summed E-state index contributed by atoms with van der Waals surface area (Å²) in [5.74, 6) is -0.481. The van der Waals surface area contributed by atoms with Gasteiger partial charge in [-0.15, -0.1) is 11.3 Å². The quantitative estimate of drug-likeness (QED) is 0.879. The number of hydrogen-bond donors (Lipinski definition) is 2. The monoisotopic (exact) mass is 293 g/mol. The van der Waals surface area contributed by atoms with Crippen molar-refractivity contribution >= 4 is 23.2 Å². The molecule has 0 radical (unpaired) electrons. The van der Waals surface area contributed by atoms with Crippen LogP contribution in [0.15, 0.2) is 12.1 Å². The zero-order valence-electron chi connectivity index (χ0n) is 11.5. The number of nitrogens with two attached hydrogens (primary N) is 1. The van der Waals surface area contributed by atoms with Crippen molar-refractivity contribution in [2.24, 2.45) is 5.73 Å². The van der Waals surface area contributed by atoms with Crippen molar-refractivity contribution in [3.8, 4) is 0 Å². The van der Waals surface area contributed by atoms with Gasteiger partial charge in [0.1, 0.15) is 0 Å². The first-order valence-corrected chi connectivity index (χ1v) is 7.79. The minimum atomic E-state index is -0.475. The molecule has 2 aliphatic heterocycles. The largest absolute Gasteiger partial charge is 0.365 e. The van der Waals surface area contributed by atoms with Crippen LogP contribution in [0.2, 0.25) is 0 Å². The van der Waals surface area contributed by atoms with Gasteiger partial charge in [-0.05, 0) is 37.8 Å². The number of primary amides is 1. The third-order valence-corrected chi connectivity index (χ3v) is 5.46. The van der Waals surface area contributed by atoms with E-state index in [2.05, 4.69) is 5.32 Å². The molecule has 0 aliphatic carbocycles. The molecule has 2 fully saturated rings. The van der Waals surface area contributed by atoms with Crippen LogP contribution in [0.4, 0.5) is 0 Å². The minimum Gasteiger partial charge on any atom is -0.365 e. The Bertz CT molecular complexity index is 530. The molecule has 5 nitrogen and oxygen atoms in total. The predicted molar refractivity (Wildman–Crippen MR) is 77.9 cm³/mol. The molecular formula is C14H19N3O2S. The molecule has 2 bridgehead atoms. The van der Waals surface area contributed by atoms with Gasteiger partial charge < -0.3 is 16.0 Å². The highest BCUT2D eigenvalue weighted by Gasteiger charge is 2.36. The molecule has 1 aromatic rings. The SMILES string of the molecule is CN(C(=O)c1ccc(C(N)=O)s1)C1CC2CCC(C1)N2. The van der Waals surface area contributed by atoms with Crippen LogP contribution in [0.25, 0.3) is 0 Å². The molecule has 0 spiro atoms. The van der Waals surface area contributed by atoms with Crippen molar-refractivity contribution < 1.29 is 9.59 Å². The molecule has 2 atom stereocenters. The number of nitrogens with zero attached hydrogens (tertiary/aromatic N) is 1. The van der Waals surface area contributed by atoms with Crippen molar-refractivity contribution in [1.82, 2.24) is 10.2 Å².